The van der Waals surface area contributed by atoms with Crippen molar-refractivity contribution in [3.05, 3.63) is 23.8 Å². The number of benzene rings is 1. The zero-order valence-corrected chi connectivity index (χ0v) is 7.80. The minimum absolute atomic E-state index is 0.109. The van der Waals surface area contributed by atoms with Crippen LogP contribution in [0.4, 0.5) is 8.78 Å². The van der Waals surface area contributed by atoms with E-state index in [1.165, 1.54) is 6.07 Å². The molecule has 2 aliphatic rings. The quantitative estimate of drug-likeness (QED) is 0.774. The SMILES string of the molecule is FC1(F)Oc2cccc(C3CCN3)c2O1. The highest BCUT2D eigenvalue weighted by atomic mass is 19.3. The van der Waals surface area contributed by atoms with Crippen molar-refractivity contribution < 1.29 is 18.3 Å². The van der Waals surface area contributed by atoms with Crippen LogP contribution in [0.2, 0.25) is 0 Å². The largest absolute Gasteiger partial charge is 0.586 e. The van der Waals surface area contributed by atoms with E-state index < -0.39 is 6.29 Å². The van der Waals surface area contributed by atoms with E-state index >= 15 is 0 Å². The van der Waals surface area contributed by atoms with Gasteiger partial charge in [-0.3, -0.25) is 0 Å². The second-order valence-electron chi connectivity index (χ2n) is 3.64. The first-order chi connectivity index (χ1) is 7.16. The number of alkyl halides is 2. The fraction of sp³-hybridized carbons (Fsp3) is 0.400. The van der Waals surface area contributed by atoms with Crippen molar-refractivity contribution in [2.24, 2.45) is 0 Å². The number of ether oxygens (including phenoxy) is 2. The van der Waals surface area contributed by atoms with Crippen LogP contribution < -0.4 is 14.8 Å². The normalized spacial score (nSPS) is 26.1. The summed E-state index contributed by atoms with van der Waals surface area (Å²) in [6, 6.07) is 5.06. The van der Waals surface area contributed by atoms with Crippen LogP contribution in [0.15, 0.2) is 18.2 Å². The highest BCUT2D eigenvalue weighted by Crippen LogP contribution is 2.46. The van der Waals surface area contributed by atoms with Gasteiger partial charge in [-0.2, -0.15) is 0 Å². The van der Waals surface area contributed by atoms with Gasteiger partial charge in [0.1, 0.15) is 0 Å². The Morgan fingerprint density at radius 3 is 2.80 bits per heavy atom. The average Bonchev–Trinajstić information content (AvgIpc) is 2.37. The van der Waals surface area contributed by atoms with Crippen LogP contribution >= 0.6 is 0 Å². The Bertz CT molecular complexity index is 404. The summed E-state index contributed by atoms with van der Waals surface area (Å²) in [6.45, 7) is 0.908. The molecule has 0 bridgehead atoms. The highest BCUT2D eigenvalue weighted by molar-refractivity contribution is 5.50. The lowest BCUT2D eigenvalue weighted by Gasteiger charge is -2.28. The molecule has 1 aromatic rings. The minimum atomic E-state index is -3.53. The van der Waals surface area contributed by atoms with Gasteiger partial charge in [0.2, 0.25) is 0 Å². The van der Waals surface area contributed by atoms with Gasteiger partial charge in [0.15, 0.2) is 11.5 Å². The van der Waals surface area contributed by atoms with Crippen molar-refractivity contribution in [2.45, 2.75) is 18.8 Å². The molecule has 0 spiro atoms. The first-order valence-corrected chi connectivity index (χ1v) is 4.78. The Morgan fingerprint density at radius 1 is 1.33 bits per heavy atom. The summed E-state index contributed by atoms with van der Waals surface area (Å²) in [5.41, 5.74) is 0.746. The van der Waals surface area contributed by atoms with E-state index in [0.717, 1.165) is 18.5 Å². The fourth-order valence-electron chi connectivity index (χ4n) is 1.82. The molecule has 15 heavy (non-hydrogen) atoms. The van der Waals surface area contributed by atoms with Crippen molar-refractivity contribution >= 4 is 0 Å². The summed E-state index contributed by atoms with van der Waals surface area (Å²) in [4.78, 5) is 0. The second-order valence-corrected chi connectivity index (χ2v) is 3.64. The van der Waals surface area contributed by atoms with E-state index in [1.54, 1.807) is 12.1 Å². The van der Waals surface area contributed by atoms with Crippen LogP contribution in [0, 0.1) is 0 Å². The molecule has 2 heterocycles. The van der Waals surface area contributed by atoms with Crippen LogP contribution in [0.1, 0.15) is 18.0 Å². The van der Waals surface area contributed by atoms with Crippen LogP contribution in [-0.2, 0) is 0 Å². The first kappa shape index (κ1) is 8.91. The molecular formula is C10H9F2NO2. The van der Waals surface area contributed by atoms with Crippen molar-refractivity contribution in [1.29, 1.82) is 0 Å². The van der Waals surface area contributed by atoms with Gasteiger partial charge in [-0.15, -0.1) is 8.78 Å². The maximum Gasteiger partial charge on any atom is 0.586 e. The van der Waals surface area contributed by atoms with Crippen LogP contribution in [0.25, 0.3) is 0 Å². The minimum Gasteiger partial charge on any atom is -0.395 e. The summed E-state index contributed by atoms with van der Waals surface area (Å²) >= 11 is 0. The van der Waals surface area contributed by atoms with E-state index in [1.807, 2.05) is 0 Å². The van der Waals surface area contributed by atoms with Gasteiger partial charge in [0.25, 0.3) is 0 Å². The molecule has 0 radical (unpaired) electrons. The lowest BCUT2D eigenvalue weighted by Crippen LogP contribution is -2.35. The van der Waals surface area contributed by atoms with E-state index in [4.69, 9.17) is 0 Å². The van der Waals surface area contributed by atoms with E-state index in [0.29, 0.717) is 0 Å². The predicted molar refractivity (Wildman–Crippen MR) is 48.0 cm³/mol. The Labute approximate surface area is 85.0 Å². The maximum atomic E-state index is 12.8. The molecule has 3 nitrogen and oxygen atoms in total. The summed E-state index contributed by atoms with van der Waals surface area (Å²) in [6.07, 6.45) is -2.59. The first-order valence-electron chi connectivity index (χ1n) is 4.78. The van der Waals surface area contributed by atoms with Gasteiger partial charge in [0, 0.05) is 11.6 Å². The molecule has 80 valence electrons. The van der Waals surface area contributed by atoms with Crippen molar-refractivity contribution in [1.82, 2.24) is 5.32 Å². The summed E-state index contributed by atoms with van der Waals surface area (Å²) < 4.78 is 34.5. The third-order valence-electron chi connectivity index (χ3n) is 2.66. The van der Waals surface area contributed by atoms with Crippen LogP contribution in [0.5, 0.6) is 11.5 Å². The number of fused-ring (bicyclic) bond motifs is 1. The molecule has 5 heteroatoms. The molecule has 1 unspecified atom stereocenters. The monoisotopic (exact) mass is 213 g/mol. The summed E-state index contributed by atoms with van der Waals surface area (Å²) in [5, 5.41) is 3.14. The molecule has 1 fully saturated rings. The van der Waals surface area contributed by atoms with E-state index in [9.17, 15) is 8.78 Å². The Hall–Kier alpha value is -1.36. The fourth-order valence-corrected chi connectivity index (χ4v) is 1.82. The number of halogens is 2. The lowest BCUT2D eigenvalue weighted by molar-refractivity contribution is -0.287. The van der Waals surface area contributed by atoms with Gasteiger partial charge in [-0.25, -0.2) is 0 Å². The third kappa shape index (κ3) is 1.34. The van der Waals surface area contributed by atoms with Gasteiger partial charge < -0.3 is 14.8 Å². The van der Waals surface area contributed by atoms with Gasteiger partial charge in [-0.1, -0.05) is 12.1 Å². The standard InChI is InChI=1S/C10H9F2NO2/c11-10(12)14-8-3-1-2-6(9(8)15-10)7-4-5-13-7/h1-3,7,13H,4-5H2. The maximum absolute atomic E-state index is 12.8. The molecule has 0 saturated carbocycles. The van der Waals surface area contributed by atoms with E-state index in [-0.39, 0.29) is 17.5 Å². The molecule has 1 atom stereocenters. The molecule has 3 rings (SSSR count). The number of nitrogens with one attached hydrogen (secondary N) is 1. The smallest absolute Gasteiger partial charge is 0.395 e. The van der Waals surface area contributed by atoms with Gasteiger partial charge >= 0.3 is 6.29 Å². The number of hydrogen-bond donors (Lipinski definition) is 1. The van der Waals surface area contributed by atoms with Crippen molar-refractivity contribution in [3.8, 4) is 11.5 Å². The Morgan fingerprint density at radius 2 is 2.13 bits per heavy atom. The number of rotatable bonds is 1. The zero-order chi connectivity index (χ0) is 10.5. The molecule has 1 saturated heterocycles. The van der Waals surface area contributed by atoms with Crippen molar-refractivity contribution in [3.63, 3.8) is 0 Å². The second kappa shape index (κ2) is 2.82. The molecule has 0 aliphatic carbocycles. The average molecular weight is 213 g/mol. The molecule has 2 aliphatic heterocycles. The zero-order valence-electron chi connectivity index (χ0n) is 7.80. The Balaban J connectivity index is 2.01. The Kier molecular flexibility index (Phi) is 1.68. The van der Waals surface area contributed by atoms with Gasteiger partial charge in [-0.05, 0) is 19.0 Å². The van der Waals surface area contributed by atoms with Gasteiger partial charge in [0.05, 0.1) is 0 Å². The molecule has 0 aromatic heterocycles. The molecule has 1 aromatic carbocycles. The number of para-hydroxylation sites is 1. The third-order valence-corrected chi connectivity index (χ3v) is 2.66. The van der Waals surface area contributed by atoms with Crippen molar-refractivity contribution in [2.75, 3.05) is 6.54 Å². The van der Waals surface area contributed by atoms with Crippen LogP contribution in [-0.4, -0.2) is 12.8 Å². The highest BCUT2D eigenvalue weighted by Gasteiger charge is 2.45. The number of hydrogen-bond acceptors (Lipinski definition) is 3. The molecular weight excluding hydrogens is 204 g/mol. The molecule has 1 N–H and O–H groups in total. The van der Waals surface area contributed by atoms with E-state index in [2.05, 4.69) is 14.8 Å². The van der Waals surface area contributed by atoms with Crippen LogP contribution in [0.3, 0.4) is 0 Å². The topological polar surface area (TPSA) is 30.5 Å². The lowest BCUT2D eigenvalue weighted by atomic mass is 9.97. The summed E-state index contributed by atoms with van der Waals surface area (Å²) in [5.74, 6) is 0.283. The predicted octanol–water partition coefficient (Wildman–Crippen LogP) is 2.04. The summed E-state index contributed by atoms with van der Waals surface area (Å²) in [7, 11) is 0. The molecule has 0 amide bonds.